The minimum absolute atomic E-state index is 0.0990. The fraction of sp³-hybridized carbons (Fsp3) is 0.917. The summed E-state index contributed by atoms with van der Waals surface area (Å²) in [6, 6.07) is -0.835. The zero-order valence-electron chi connectivity index (χ0n) is 21.4. The molecule has 0 aromatic rings. The van der Waals surface area contributed by atoms with Gasteiger partial charge in [0.2, 0.25) is 0 Å². The van der Waals surface area contributed by atoms with E-state index < -0.39 is 19.5 Å². The maximum Gasteiger partial charge on any atom is 0.472 e. The van der Waals surface area contributed by atoms with E-state index in [1.54, 1.807) is 13.0 Å². The van der Waals surface area contributed by atoms with Gasteiger partial charge in [-0.2, -0.15) is 0 Å². The van der Waals surface area contributed by atoms with Crippen LogP contribution in [0, 0.1) is 0 Å². The Balaban J connectivity index is 3.93. The van der Waals surface area contributed by atoms with Crippen molar-refractivity contribution in [1.29, 1.82) is 0 Å². The molecule has 0 radical (unpaired) electrons. The second-order valence-corrected chi connectivity index (χ2v) is 11.6. The summed E-state index contributed by atoms with van der Waals surface area (Å²) in [7, 11) is 1.69. The molecule has 192 valence electrons. The van der Waals surface area contributed by atoms with Crippen molar-refractivity contribution >= 4 is 7.82 Å². The average Bonchev–Trinajstić information content (AvgIpc) is 2.68. The van der Waals surface area contributed by atoms with Crippen LogP contribution in [0.5, 0.6) is 0 Å². The summed E-state index contributed by atoms with van der Waals surface area (Å²) in [6.45, 7) is 4.23. The lowest BCUT2D eigenvalue weighted by molar-refractivity contribution is -0.870. The molecule has 0 aliphatic heterocycles. The average molecular weight is 480 g/mol. The van der Waals surface area contributed by atoms with Crippen LogP contribution in [0.1, 0.15) is 90.9 Å². The van der Waals surface area contributed by atoms with E-state index in [9.17, 15) is 14.6 Å². The molecule has 4 N–H and O–H groups in total. The van der Waals surface area contributed by atoms with Crippen LogP contribution in [0.25, 0.3) is 0 Å². The Morgan fingerprint density at radius 3 is 1.97 bits per heavy atom. The smallest absolute Gasteiger partial charge is 0.384 e. The van der Waals surface area contributed by atoms with Crippen LogP contribution in [0.2, 0.25) is 0 Å². The van der Waals surface area contributed by atoms with Gasteiger partial charge in [-0.3, -0.25) is 9.05 Å². The van der Waals surface area contributed by atoms with E-state index in [0.717, 1.165) is 12.8 Å². The van der Waals surface area contributed by atoms with Crippen molar-refractivity contribution in [2.45, 2.75) is 103 Å². The van der Waals surface area contributed by atoms with E-state index >= 15 is 0 Å². The molecule has 0 bridgehead atoms. The van der Waals surface area contributed by atoms with Crippen LogP contribution in [-0.4, -0.2) is 67.0 Å². The zero-order chi connectivity index (χ0) is 24.5. The first-order chi connectivity index (χ1) is 14.9. The molecular formula is C24H52N2O5P+. The number of aliphatic hydroxyl groups is 1. The normalized spacial score (nSPS) is 17.4. The van der Waals surface area contributed by atoms with Gasteiger partial charge in [0, 0.05) is 0 Å². The number of phosphoric acid groups is 1. The first kappa shape index (κ1) is 31.7. The summed E-state index contributed by atoms with van der Waals surface area (Å²) < 4.78 is 22.5. The summed E-state index contributed by atoms with van der Waals surface area (Å²) in [5.74, 6) is 0. The van der Waals surface area contributed by atoms with Crippen molar-refractivity contribution in [2.75, 3.05) is 40.9 Å². The minimum Gasteiger partial charge on any atom is -0.384 e. The molecule has 0 aromatic carbocycles. The number of allylic oxidation sites excluding steroid dienone is 1. The van der Waals surface area contributed by atoms with Crippen LogP contribution in [-0.2, 0) is 13.6 Å². The van der Waals surface area contributed by atoms with Crippen LogP contribution in [0.3, 0.4) is 0 Å². The summed E-state index contributed by atoms with van der Waals surface area (Å²) in [5, 5.41) is 10.5. The summed E-state index contributed by atoms with van der Waals surface area (Å²) >= 11 is 0. The van der Waals surface area contributed by atoms with Crippen LogP contribution in [0.4, 0.5) is 0 Å². The van der Waals surface area contributed by atoms with Crippen molar-refractivity contribution in [1.82, 2.24) is 0 Å². The lowest BCUT2D eigenvalue weighted by Crippen LogP contribution is -2.47. The number of quaternary nitrogens is 1. The van der Waals surface area contributed by atoms with E-state index in [1.807, 2.05) is 27.2 Å². The van der Waals surface area contributed by atoms with Crippen LogP contribution in [0.15, 0.2) is 12.2 Å². The Morgan fingerprint density at radius 2 is 1.47 bits per heavy atom. The van der Waals surface area contributed by atoms with Gasteiger partial charge in [-0.05, 0) is 19.8 Å². The second-order valence-electron chi connectivity index (χ2n) is 10.2. The predicted molar refractivity (Wildman–Crippen MR) is 133 cm³/mol. The van der Waals surface area contributed by atoms with Gasteiger partial charge in [-0.1, -0.05) is 83.3 Å². The first-order valence-electron chi connectivity index (χ1n) is 12.5. The van der Waals surface area contributed by atoms with E-state index in [2.05, 4.69) is 6.92 Å². The van der Waals surface area contributed by atoms with Gasteiger partial charge in [-0.25, -0.2) is 4.57 Å². The quantitative estimate of drug-likeness (QED) is 0.0909. The third-order valence-electron chi connectivity index (χ3n) is 5.61. The molecule has 32 heavy (non-hydrogen) atoms. The Morgan fingerprint density at radius 1 is 0.969 bits per heavy atom. The minimum atomic E-state index is -4.19. The monoisotopic (exact) mass is 479 g/mol. The van der Waals surface area contributed by atoms with Crippen molar-refractivity contribution in [3.8, 4) is 0 Å². The number of hydrogen-bond donors (Lipinski definition) is 3. The molecule has 0 amide bonds. The Hall–Kier alpha value is -0.270. The molecule has 3 atom stereocenters. The molecule has 0 heterocycles. The molecule has 0 rings (SSSR count). The van der Waals surface area contributed by atoms with Crippen molar-refractivity contribution in [2.24, 2.45) is 5.73 Å². The van der Waals surface area contributed by atoms with E-state index in [4.69, 9.17) is 14.8 Å². The topological polar surface area (TPSA) is 102 Å². The molecule has 0 aromatic heterocycles. The third kappa shape index (κ3) is 19.2. The summed E-state index contributed by atoms with van der Waals surface area (Å²) in [6.07, 6.45) is 18.8. The number of hydrogen-bond acceptors (Lipinski definition) is 5. The molecule has 0 aliphatic carbocycles. The van der Waals surface area contributed by atoms with Gasteiger partial charge in [0.1, 0.15) is 13.2 Å². The Bertz CT molecular complexity index is 535. The van der Waals surface area contributed by atoms with E-state index in [1.165, 1.54) is 64.2 Å². The van der Waals surface area contributed by atoms with Crippen molar-refractivity contribution in [3.63, 3.8) is 0 Å². The fourth-order valence-electron chi connectivity index (χ4n) is 3.18. The number of nitrogens with two attached hydrogens (primary N) is 1. The highest BCUT2D eigenvalue weighted by Gasteiger charge is 2.30. The van der Waals surface area contributed by atoms with Gasteiger partial charge in [0.05, 0.1) is 39.4 Å². The Kier molecular flexibility index (Phi) is 17.1. The lowest BCUT2D eigenvalue weighted by Gasteiger charge is -2.27. The molecule has 0 saturated carbocycles. The molecule has 0 spiro atoms. The molecule has 0 saturated heterocycles. The number of likely N-dealkylation sites (N-methyl/N-ethyl adjacent to an activating group) is 1. The highest BCUT2D eigenvalue weighted by atomic mass is 31.2. The lowest BCUT2D eigenvalue weighted by atomic mass is 9.96. The zero-order valence-corrected chi connectivity index (χ0v) is 22.3. The first-order valence-corrected chi connectivity index (χ1v) is 14.0. The highest BCUT2D eigenvalue weighted by molar-refractivity contribution is 7.47. The van der Waals surface area contributed by atoms with Gasteiger partial charge in [-0.15, -0.1) is 0 Å². The maximum atomic E-state index is 12.0. The highest BCUT2D eigenvalue weighted by Crippen LogP contribution is 2.43. The SMILES string of the molecule is CCCCCCCCCCCCC/C=C/[C@](C)(O)[C@@H](N)COP(=O)(O)OCC[N+](C)(C)C. The van der Waals surface area contributed by atoms with E-state index in [0.29, 0.717) is 11.0 Å². The molecule has 1 unspecified atom stereocenters. The van der Waals surface area contributed by atoms with Crippen LogP contribution >= 0.6 is 7.82 Å². The summed E-state index contributed by atoms with van der Waals surface area (Å²) in [5.41, 5.74) is 4.67. The molecular weight excluding hydrogens is 427 g/mol. The standard InChI is InChI=1S/C24H51N2O5P/c1-6-7-8-9-10-11-12-13-14-15-16-17-18-19-24(2,27)23(25)22-31-32(28,29)30-21-20-26(3,4)5/h18-19,23,27H,6-17,20-22,25H2,1-5H3/p+1/b19-18+/t23-,24-/m0/s1. The van der Waals surface area contributed by atoms with Gasteiger partial charge in [0.25, 0.3) is 0 Å². The third-order valence-corrected chi connectivity index (χ3v) is 6.60. The number of rotatable bonds is 21. The Labute approximate surface area is 197 Å². The van der Waals surface area contributed by atoms with Crippen LogP contribution < -0.4 is 5.73 Å². The predicted octanol–water partition coefficient (Wildman–Crippen LogP) is 5.16. The maximum absolute atomic E-state index is 12.0. The number of nitrogens with zero attached hydrogens (tertiary/aromatic N) is 1. The van der Waals surface area contributed by atoms with Gasteiger partial charge < -0.3 is 20.2 Å². The summed E-state index contributed by atoms with van der Waals surface area (Å²) in [4.78, 5) is 9.77. The molecule has 0 fully saturated rings. The van der Waals surface area contributed by atoms with Gasteiger partial charge >= 0.3 is 7.82 Å². The van der Waals surface area contributed by atoms with Gasteiger partial charge in [0.15, 0.2) is 0 Å². The number of phosphoric ester groups is 1. The largest absolute Gasteiger partial charge is 0.472 e. The molecule has 8 heteroatoms. The van der Waals surface area contributed by atoms with E-state index in [-0.39, 0.29) is 13.2 Å². The molecule has 0 aliphatic rings. The molecule has 7 nitrogen and oxygen atoms in total. The van der Waals surface area contributed by atoms with Crippen molar-refractivity contribution < 1.29 is 28.1 Å². The fourth-order valence-corrected chi connectivity index (χ4v) is 3.92. The number of unbranched alkanes of at least 4 members (excludes halogenated alkanes) is 11. The second kappa shape index (κ2) is 17.2. The van der Waals surface area contributed by atoms with Crippen molar-refractivity contribution in [3.05, 3.63) is 12.2 Å².